The third-order valence-corrected chi connectivity index (χ3v) is 3.34. The zero-order valence-electron chi connectivity index (χ0n) is 11.3. The van der Waals surface area contributed by atoms with E-state index in [0.29, 0.717) is 10.8 Å². The molecule has 0 aliphatic rings. The lowest BCUT2D eigenvalue weighted by molar-refractivity contribution is 0.414. The van der Waals surface area contributed by atoms with Crippen LogP contribution in [0.2, 0.25) is 5.02 Å². The Labute approximate surface area is 118 Å². The Morgan fingerprint density at radius 3 is 2.63 bits per heavy atom. The van der Waals surface area contributed by atoms with E-state index in [1.54, 1.807) is 7.11 Å². The van der Waals surface area contributed by atoms with E-state index in [-0.39, 0.29) is 6.04 Å². The normalized spacial score (nSPS) is 12.2. The van der Waals surface area contributed by atoms with Crippen molar-refractivity contribution < 1.29 is 4.74 Å². The summed E-state index contributed by atoms with van der Waals surface area (Å²) in [5.41, 5.74) is 3.35. The number of aromatic nitrogens is 1. The van der Waals surface area contributed by atoms with Crippen LogP contribution >= 0.6 is 11.6 Å². The molecule has 1 heterocycles. The Kier molecular flexibility index (Phi) is 4.40. The van der Waals surface area contributed by atoms with Crippen molar-refractivity contribution in [2.75, 3.05) is 14.2 Å². The lowest BCUT2D eigenvalue weighted by Gasteiger charge is -2.18. The first-order valence-electron chi connectivity index (χ1n) is 6.08. The zero-order valence-corrected chi connectivity index (χ0v) is 12.0. The predicted octanol–water partition coefficient (Wildman–Crippen LogP) is 3.36. The molecule has 2 rings (SSSR count). The zero-order chi connectivity index (χ0) is 13.8. The summed E-state index contributed by atoms with van der Waals surface area (Å²) in [6.07, 6.45) is 3.72. The summed E-state index contributed by atoms with van der Waals surface area (Å²) in [7, 11) is 3.54. The lowest BCUT2D eigenvalue weighted by atomic mass is 9.99. The summed E-state index contributed by atoms with van der Waals surface area (Å²) in [5.74, 6) is 0.681. The van der Waals surface area contributed by atoms with Gasteiger partial charge in [0.2, 0.25) is 0 Å². The van der Waals surface area contributed by atoms with Crippen molar-refractivity contribution in [3.05, 3.63) is 58.4 Å². The molecule has 1 aromatic heterocycles. The molecule has 0 bridgehead atoms. The van der Waals surface area contributed by atoms with Gasteiger partial charge in [-0.3, -0.25) is 4.98 Å². The molecule has 0 aliphatic heterocycles. The molecule has 1 aromatic carbocycles. The fraction of sp³-hybridized carbons (Fsp3) is 0.267. The van der Waals surface area contributed by atoms with Crippen LogP contribution in [0.15, 0.2) is 36.7 Å². The van der Waals surface area contributed by atoms with Gasteiger partial charge < -0.3 is 10.1 Å². The molecule has 0 amide bonds. The van der Waals surface area contributed by atoms with Crippen molar-refractivity contribution in [3.8, 4) is 5.75 Å². The second-order valence-corrected chi connectivity index (χ2v) is 4.82. The van der Waals surface area contributed by atoms with E-state index < -0.39 is 0 Å². The first-order chi connectivity index (χ1) is 9.15. The average Bonchev–Trinajstić information content (AvgIpc) is 2.41. The van der Waals surface area contributed by atoms with Gasteiger partial charge in [-0.25, -0.2) is 0 Å². The second-order valence-electron chi connectivity index (χ2n) is 4.41. The molecular weight excluding hydrogens is 260 g/mol. The fourth-order valence-electron chi connectivity index (χ4n) is 2.12. The molecule has 0 saturated heterocycles. The maximum Gasteiger partial charge on any atom is 0.137 e. The van der Waals surface area contributed by atoms with E-state index in [9.17, 15) is 0 Å². The van der Waals surface area contributed by atoms with E-state index in [0.717, 1.165) is 16.7 Å². The summed E-state index contributed by atoms with van der Waals surface area (Å²) >= 11 is 6.06. The van der Waals surface area contributed by atoms with Crippen LogP contribution in [0.3, 0.4) is 0 Å². The summed E-state index contributed by atoms with van der Waals surface area (Å²) in [4.78, 5) is 4.24. The fourth-order valence-corrected chi connectivity index (χ4v) is 2.31. The third kappa shape index (κ3) is 3.06. The van der Waals surface area contributed by atoms with Gasteiger partial charge in [0.25, 0.3) is 0 Å². The molecule has 3 nitrogen and oxygen atoms in total. The highest BCUT2D eigenvalue weighted by molar-refractivity contribution is 6.32. The molecule has 2 aromatic rings. The minimum atomic E-state index is 0.0681. The Morgan fingerprint density at radius 2 is 2.00 bits per heavy atom. The molecule has 1 N–H and O–H groups in total. The number of benzene rings is 1. The highest BCUT2D eigenvalue weighted by Gasteiger charge is 2.14. The number of hydrogen-bond donors (Lipinski definition) is 1. The van der Waals surface area contributed by atoms with E-state index >= 15 is 0 Å². The molecule has 19 heavy (non-hydrogen) atoms. The maximum atomic E-state index is 6.06. The Hall–Kier alpha value is -1.58. The predicted molar refractivity (Wildman–Crippen MR) is 77.9 cm³/mol. The number of aryl methyl sites for hydroxylation is 1. The van der Waals surface area contributed by atoms with Gasteiger partial charge in [0.05, 0.1) is 18.2 Å². The van der Waals surface area contributed by atoms with Crippen LogP contribution in [0, 0.1) is 6.92 Å². The molecule has 0 fully saturated rings. The van der Waals surface area contributed by atoms with Crippen LogP contribution in [-0.4, -0.2) is 19.1 Å². The van der Waals surface area contributed by atoms with Gasteiger partial charge in [0, 0.05) is 12.4 Å². The third-order valence-electron chi connectivity index (χ3n) is 3.03. The van der Waals surface area contributed by atoms with Gasteiger partial charge in [0.1, 0.15) is 5.75 Å². The summed E-state index contributed by atoms with van der Waals surface area (Å²) < 4.78 is 5.26. The molecule has 1 unspecified atom stereocenters. The Morgan fingerprint density at radius 1 is 1.21 bits per heavy atom. The summed E-state index contributed by atoms with van der Waals surface area (Å²) in [5, 5.41) is 3.91. The number of pyridine rings is 1. The molecule has 1 atom stereocenters. The Balaban J connectivity index is 2.42. The van der Waals surface area contributed by atoms with Gasteiger partial charge in [-0.2, -0.15) is 0 Å². The van der Waals surface area contributed by atoms with E-state index in [4.69, 9.17) is 16.3 Å². The average molecular weight is 277 g/mol. The van der Waals surface area contributed by atoms with Crippen molar-refractivity contribution in [2.45, 2.75) is 13.0 Å². The van der Waals surface area contributed by atoms with Gasteiger partial charge >= 0.3 is 0 Å². The van der Waals surface area contributed by atoms with Crippen molar-refractivity contribution in [2.24, 2.45) is 0 Å². The van der Waals surface area contributed by atoms with Crippen molar-refractivity contribution in [1.29, 1.82) is 0 Å². The summed E-state index contributed by atoms with van der Waals surface area (Å²) in [6, 6.07) is 7.98. The van der Waals surface area contributed by atoms with Gasteiger partial charge in [-0.1, -0.05) is 23.7 Å². The molecule has 4 heteroatoms. The lowest BCUT2D eigenvalue weighted by Crippen LogP contribution is -2.18. The van der Waals surface area contributed by atoms with E-state index in [2.05, 4.69) is 16.4 Å². The number of rotatable bonds is 4. The minimum absolute atomic E-state index is 0.0681. The molecule has 0 spiro atoms. The first-order valence-corrected chi connectivity index (χ1v) is 6.45. The van der Waals surface area contributed by atoms with Crippen LogP contribution < -0.4 is 10.1 Å². The number of halogens is 1. The smallest absolute Gasteiger partial charge is 0.137 e. The molecular formula is C15H17ClN2O. The highest BCUT2D eigenvalue weighted by Crippen LogP contribution is 2.30. The molecule has 0 aliphatic carbocycles. The first kappa shape index (κ1) is 13.8. The van der Waals surface area contributed by atoms with Crippen LogP contribution in [0.5, 0.6) is 5.75 Å². The van der Waals surface area contributed by atoms with Gasteiger partial charge in [-0.15, -0.1) is 0 Å². The maximum absolute atomic E-state index is 6.06. The number of ether oxygens (including phenoxy) is 1. The van der Waals surface area contributed by atoms with Crippen molar-refractivity contribution in [3.63, 3.8) is 0 Å². The second kappa shape index (κ2) is 6.04. The van der Waals surface area contributed by atoms with E-state index in [1.807, 2.05) is 44.6 Å². The topological polar surface area (TPSA) is 34.2 Å². The van der Waals surface area contributed by atoms with Crippen molar-refractivity contribution >= 4 is 11.6 Å². The molecule has 0 saturated carbocycles. The van der Waals surface area contributed by atoms with Crippen LogP contribution in [0.4, 0.5) is 0 Å². The SMILES string of the molecule is CNC(c1cncc(C)c1)c1ccc(Cl)c(OC)c1. The van der Waals surface area contributed by atoms with Crippen LogP contribution in [-0.2, 0) is 0 Å². The van der Waals surface area contributed by atoms with Crippen molar-refractivity contribution in [1.82, 2.24) is 10.3 Å². The largest absolute Gasteiger partial charge is 0.495 e. The van der Waals surface area contributed by atoms with Gasteiger partial charge in [-0.05, 0) is 42.8 Å². The Bertz CT molecular complexity index is 572. The molecule has 100 valence electrons. The number of nitrogens with zero attached hydrogens (tertiary/aromatic N) is 1. The minimum Gasteiger partial charge on any atom is -0.495 e. The monoisotopic (exact) mass is 276 g/mol. The van der Waals surface area contributed by atoms with E-state index in [1.165, 1.54) is 0 Å². The number of nitrogens with one attached hydrogen (secondary N) is 1. The molecule has 0 radical (unpaired) electrons. The quantitative estimate of drug-likeness (QED) is 0.930. The van der Waals surface area contributed by atoms with Gasteiger partial charge in [0.15, 0.2) is 0 Å². The van der Waals surface area contributed by atoms with Crippen LogP contribution in [0.25, 0.3) is 0 Å². The summed E-state index contributed by atoms with van der Waals surface area (Å²) in [6.45, 7) is 2.03. The highest BCUT2D eigenvalue weighted by atomic mass is 35.5. The standard InChI is InChI=1S/C15H17ClN2O/c1-10-6-12(9-18-8-10)15(17-2)11-4-5-13(16)14(7-11)19-3/h4-9,15,17H,1-3H3. The van der Waals surface area contributed by atoms with Crippen LogP contribution in [0.1, 0.15) is 22.7 Å². The number of hydrogen-bond acceptors (Lipinski definition) is 3. The number of methoxy groups -OCH3 is 1.